The first-order chi connectivity index (χ1) is 8.83. The van der Waals surface area contributed by atoms with Crippen molar-refractivity contribution in [3.63, 3.8) is 0 Å². The van der Waals surface area contributed by atoms with Crippen molar-refractivity contribution in [3.05, 3.63) is 30.1 Å². The molecule has 1 N–H and O–H groups in total. The standard InChI is InChI=1S/C16H28N2/c1-4-7-9-14(6-3)16(18-11-5-2)15-10-8-12-17-13-15/h8,10,12-14,16,18H,4-7,9,11H2,1-3H3. The van der Waals surface area contributed by atoms with E-state index >= 15 is 0 Å². The highest BCUT2D eigenvalue weighted by molar-refractivity contribution is 5.15. The summed E-state index contributed by atoms with van der Waals surface area (Å²) in [5.74, 6) is 0.723. The first-order valence-corrected chi connectivity index (χ1v) is 7.46. The lowest BCUT2D eigenvalue weighted by atomic mass is 9.87. The van der Waals surface area contributed by atoms with E-state index < -0.39 is 0 Å². The molecule has 0 saturated heterocycles. The van der Waals surface area contributed by atoms with Crippen molar-refractivity contribution >= 4 is 0 Å². The molecule has 0 saturated carbocycles. The number of hydrogen-bond acceptors (Lipinski definition) is 2. The van der Waals surface area contributed by atoms with Gasteiger partial charge in [-0.05, 0) is 36.9 Å². The highest BCUT2D eigenvalue weighted by Gasteiger charge is 2.20. The molecule has 0 amide bonds. The van der Waals surface area contributed by atoms with E-state index in [2.05, 4.69) is 37.1 Å². The van der Waals surface area contributed by atoms with Crippen molar-refractivity contribution in [2.45, 2.75) is 58.9 Å². The van der Waals surface area contributed by atoms with Gasteiger partial charge in [0.25, 0.3) is 0 Å². The summed E-state index contributed by atoms with van der Waals surface area (Å²) in [7, 11) is 0. The molecule has 1 aromatic rings. The third-order valence-electron chi connectivity index (χ3n) is 3.58. The van der Waals surface area contributed by atoms with Crippen LogP contribution >= 0.6 is 0 Å². The number of nitrogens with one attached hydrogen (secondary N) is 1. The fraction of sp³-hybridized carbons (Fsp3) is 0.688. The molecule has 0 aliphatic carbocycles. The Kier molecular flexibility index (Phi) is 7.66. The lowest BCUT2D eigenvalue weighted by molar-refractivity contribution is 0.323. The molecule has 0 aliphatic heterocycles. The van der Waals surface area contributed by atoms with Crippen LogP contribution in [0.15, 0.2) is 24.5 Å². The van der Waals surface area contributed by atoms with Crippen molar-refractivity contribution in [2.24, 2.45) is 5.92 Å². The summed E-state index contributed by atoms with van der Waals surface area (Å²) in [5.41, 5.74) is 1.34. The van der Waals surface area contributed by atoms with Crippen LogP contribution in [0.3, 0.4) is 0 Å². The van der Waals surface area contributed by atoms with Gasteiger partial charge in [-0.25, -0.2) is 0 Å². The lowest BCUT2D eigenvalue weighted by Crippen LogP contribution is -2.29. The van der Waals surface area contributed by atoms with Gasteiger partial charge < -0.3 is 5.32 Å². The molecular weight excluding hydrogens is 220 g/mol. The van der Waals surface area contributed by atoms with Crippen LogP contribution in [-0.2, 0) is 0 Å². The molecule has 102 valence electrons. The number of aromatic nitrogens is 1. The Morgan fingerprint density at radius 3 is 2.61 bits per heavy atom. The van der Waals surface area contributed by atoms with Crippen LogP contribution in [0.25, 0.3) is 0 Å². The Labute approximate surface area is 112 Å². The molecule has 2 nitrogen and oxygen atoms in total. The summed E-state index contributed by atoms with van der Waals surface area (Å²) < 4.78 is 0. The molecule has 0 aliphatic rings. The smallest absolute Gasteiger partial charge is 0.0363 e. The maximum Gasteiger partial charge on any atom is 0.0363 e. The van der Waals surface area contributed by atoms with Crippen molar-refractivity contribution in [1.82, 2.24) is 10.3 Å². The molecule has 2 atom stereocenters. The van der Waals surface area contributed by atoms with Crippen LogP contribution in [0.1, 0.15) is 64.5 Å². The maximum atomic E-state index is 4.27. The first-order valence-electron chi connectivity index (χ1n) is 7.46. The fourth-order valence-electron chi connectivity index (χ4n) is 2.49. The van der Waals surface area contributed by atoms with Crippen LogP contribution in [0, 0.1) is 5.92 Å². The molecule has 0 radical (unpaired) electrons. The second-order valence-electron chi connectivity index (χ2n) is 5.03. The average molecular weight is 248 g/mol. The topological polar surface area (TPSA) is 24.9 Å². The van der Waals surface area contributed by atoms with Crippen molar-refractivity contribution < 1.29 is 0 Å². The molecule has 2 unspecified atom stereocenters. The Bertz CT molecular complexity index is 297. The van der Waals surface area contributed by atoms with Gasteiger partial charge in [0.2, 0.25) is 0 Å². The number of nitrogens with zero attached hydrogens (tertiary/aromatic N) is 1. The van der Waals surface area contributed by atoms with E-state index in [1.165, 1.54) is 37.7 Å². The molecule has 0 aromatic carbocycles. The van der Waals surface area contributed by atoms with Crippen molar-refractivity contribution in [2.75, 3.05) is 6.54 Å². The highest BCUT2D eigenvalue weighted by Crippen LogP contribution is 2.28. The SMILES string of the molecule is CCCCC(CC)C(NCCC)c1cccnc1. The maximum absolute atomic E-state index is 4.27. The van der Waals surface area contributed by atoms with E-state index in [4.69, 9.17) is 0 Å². The van der Waals surface area contributed by atoms with E-state index in [1.54, 1.807) is 0 Å². The van der Waals surface area contributed by atoms with Gasteiger partial charge in [0, 0.05) is 18.4 Å². The zero-order valence-corrected chi connectivity index (χ0v) is 12.2. The van der Waals surface area contributed by atoms with Gasteiger partial charge in [0.1, 0.15) is 0 Å². The Hall–Kier alpha value is -0.890. The van der Waals surface area contributed by atoms with Crippen molar-refractivity contribution in [1.29, 1.82) is 0 Å². The number of rotatable bonds is 9. The van der Waals surface area contributed by atoms with Crippen molar-refractivity contribution in [3.8, 4) is 0 Å². The molecule has 1 aromatic heterocycles. The van der Waals surface area contributed by atoms with Gasteiger partial charge in [0.05, 0.1) is 0 Å². The Morgan fingerprint density at radius 2 is 2.06 bits per heavy atom. The van der Waals surface area contributed by atoms with Gasteiger partial charge in [-0.15, -0.1) is 0 Å². The second-order valence-corrected chi connectivity index (χ2v) is 5.03. The summed E-state index contributed by atoms with van der Waals surface area (Å²) in [6.07, 6.45) is 10.2. The van der Waals surface area contributed by atoms with Crippen LogP contribution in [0.4, 0.5) is 0 Å². The molecule has 2 heteroatoms. The second kappa shape index (κ2) is 9.09. The third kappa shape index (κ3) is 4.77. The van der Waals surface area contributed by atoms with Crippen LogP contribution in [0.5, 0.6) is 0 Å². The number of pyridine rings is 1. The van der Waals surface area contributed by atoms with Crippen LogP contribution in [-0.4, -0.2) is 11.5 Å². The minimum atomic E-state index is 0.468. The van der Waals surface area contributed by atoms with Crippen LogP contribution < -0.4 is 5.32 Å². The first kappa shape index (κ1) is 15.2. The summed E-state index contributed by atoms with van der Waals surface area (Å²) >= 11 is 0. The summed E-state index contributed by atoms with van der Waals surface area (Å²) in [6, 6.07) is 4.72. The highest BCUT2D eigenvalue weighted by atomic mass is 14.9. The lowest BCUT2D eigenvalue weighted by Gasteiger charge is -2.27. The largest absolute Gasteiger partial charge is 0.310 e. The average Bonchev–Trinajstić information content (AvgIpc) is 2.43. The normalized spacial score (nSPS) is 14.4. The molecular formula is C16H28N2. The minimum Gasteiger partial charge on any atom is -0.310 e. The molecule has 0 fully saturated rings. The van der Waals surface area contributed by atoms with Gasteiger partial charge in [-0.3, -0.25) is 4.98 Å². The monoisotopic (exact) mass is 248 g/mol. The van der Waals surface area contributed by atoms with E-state index in [0.29, 0.717) is 6.04 Å². The van der Waals surface area contributed by atoms with E-state index in [1.807, 2.05) is 18.5 Å². The van der Waals surface area contributed by atoms with E-state index in [0.717, 1.165) is 12.5 Å². The molecule has 18 heavy (non-hydrogen) atoms. The quantitative estimate of drug-likeness (QED) is 0.703. The minimum absolute atomic E-state index is 0.468. The summed E-state index contributed by atoms with van der Waals surface area (Å²) in [4.78, 5) is 4.27. The molecule has 0 bridgehead atoms. The summed E-state index contributed by atoms with van der Waals surface area (Å²) in [6.45, 7) is 7.88. The van der Waals surface area contributed by atoms with Gasteiger partial charge in [0.15, 0.2) is 0 Å². The van der Waals surface area contributed by atoms with Gasteiger partial charge in [-0.1, -0.05) is 46.1 Å². The summed E-state index contributed by atoms with van der Waals surface area (Å²) in [5, 5.41) is 3.71. The zero-order chi connectivity index (χ0) is 13.2. The Morgan fingerprint density at radius 1 is 1.22 bits per heavy atom. The molecule has 0 spiro atoms. The Balaban J connectivity index is 2.75. The predicted octanol–water partition coefficient (Wildman–Crippen LogP) is 4.34. The third-order valence-corrected chi connectivity index (χ3v) is 3.58. The fourth-order valence-corrected chi connectivity index (χ4v) is 2.49. The zero-order valence-electron chi connectivity index (χ0n) is 12.2. The van der Waals surface area contributed by atoms with E-state index in [-0.39, 0.29) is 0 Å². The molecule has 1 rings (SSSR count). The van der Waals surface area contributed by atoms with E-state index in [9.17, 15) is 0 Å². The predicted molar refractivity (Wildman–Crippen MR) is 78.6 cm³/mol. The number of unbranched alkanes of at least 4 members (excludes halogenated alkanes) is 1. The molecule has 1 heterocycles. The van der Waals surface area contributed by atoms with Gasteiger partial charge >= 0.3 is 0 Å². The van der Waals surface area contributed by atoms with Gasteiger partial charge in [-0.2, -0.15) is 0 Å². The number of hydrogen-bond donors (Lipinski definition) is 1. The van der Waals surface area contributed by atoms with Crippen LogP contribution in [0.2, 0.25) is 0 Å².